The first-order valence-corrected chi connectivity index (χ1v) is 7.78. The van der Waals surface area contributed by atoms with Crippen LogP contribution in [0.25, 0.3) is 0 Å². The van der Waals surface area contributed by atoms with Gasteiger partial charge >= 0.3 is 0 Å². The van der Waals surface area contributed by atoms with Crippen LogP contribution in [0.5, 0.6) is 0 Å². The lowest BCUT2D eigenvalue weighted by Gasteiger charge is -2.32. The molecule has 7 nitrogen and oxygen atoms in total. The van der Waals surface area contributed by atoms with Crippen LogP contribution in [0.2, 0.25) is 0 Å². The van der Waals surface area contributed by atoms with Crippen LogP contribution in [-0.2, 0) is 11.3 Å². The Morgan fingerprint density at radius 1 is 1.04 bits per heavy atom. The van der Waals surface area contributed by atoms with Gasteiger partial charge in [0.15, 0.2) is 0 Å². The highest BCUT2D eigenvalue weighted by Gasteiger charge is 2.22. The van der Waals surface area contributed by atoms with Crippen LogP contribution < -0.4 is 5.56 Å². The number of amides is 2. The van der Waals surface area contributed by atoms with Gasteiger partial charge in [0.05, 0.1) is 6.54 Å². The number of aromatic nitrogens is 2. The van der Waals surface area contributed by atoms with Gasteiger partial charge in [-0.3, -0.25) is 14.4 Å². The second-order valence-electron chi connectivity index (χ2n) is 5.63. The molecule has 0 saturated carbocycles. The lowest BCUT2D eigenvalue weighted by Crippen LogP contribution is -2.48. The summed E-state index contributed by atoms with van der Waals surface area (Å²) in [6.45, 7) is 2.28. The van der Waals surface area contributed by atoms with Crippen LogP contribution >= 0.6 is 0 Å². The van der Waals surface area contributed by atoms with Crippen LogP contribution in [0.3, 0.4) is 0 Å². The minimum Gasteiger partial charge on any atom is -0.342 e. The van der Waals surface area contributed by atoms with Crippen LogP contribution in [0.15, 0.2) is 47.3 Å². The van der Waals surface area contributed by atoms with E-state index in [9.17, 15) is 14.4 Å². The van der Waals surface area contributed by atoms with Gasteiger partial charge in [-0.2, -0.15) is 5.10 Å². The highest BCUT2D eigenvalue weighted by molar-refractivity contribution is 5.92. The van der Waals surface area contributed by atoms with E-state index in [1.54, 1.807) is 9.80 Å². The smallest absolute Gasteiger partial charge is 0.274 e. The molecule has 2 heterocycles. The highest BCUT2D eigenvalue weighted by atomic mass is 16.2. The van der Waals surface area contributed by atoms with Gasteiger partial charge in [-0.1, -0.05) is 30.3 Å². The molecule has 2 amide bonds. The van der Waals surface area contributed by atoms with Crippen molar-refractivity contribution in [3.8, 4) is 0 Å². The number of nitrogens with zero attached hydrogens (tertiary/aromatic N) is 4. The van der Waals surface area contributed by atoms with Crippen molar-refractivity contribution in [2.24, 2.45) is 0 Å². The largest absolute Gasteiger partial charge is 0.342 e. The van der Waals surface area contributed by atoms with Gasteiger partial charge in [0.2, 0.25) is 6.41 Å². The molecule has 3 rings (SSSR count). The van der Waals surface area contributed by atoms with Crippen molar-refractivity contribution >= 4 is 12.3 Å². The quantitative estimate of drug-likeness (QED) is 0.753. The van der Waals surface area contributed by atoms with E-state index < -0.39 is 0 Å². The number of hydrogen-bond donors (Lipinski definition) is 0. The molecule has 1 aromatic heterocycles. The molecule has 2 aromatic rings. The third kappa shape index (κ3) is 3.51. The molecule has 0 N–H and O–H groups in total. The molecule has 7 heteroatoms. The molecule has 1 aromatic carbocycles. The average Bonchev–Trinajstić information content (AvgIpc) is 2.64. The molecule has 1 aliphatic rings. The monoisotopic (exact) mass is 326 g/mol. The average molecular weight is 326 g/mol. The van der Waals surface area contributed by atoms with E-state index in [0.717, 1.165) is 12.0 Å². The molecule has 1 fully saturated rings. The standard InChI is InChI=1S/C17H18N4O3/c22-13-19-8-10-20(11-9-19)17(24)15-6-7-16(23)21(18-15)12-14-4-2-1-3-5-14/h1-7,13H,8-12H2. The summed E-state index contributed by atoms with van der Waals surface area (Å²) >= 11 is 0. The topological polar surface area (TPSA) is 75.5 Å². The first kappa shape index (κ1) is 15.9. The fourth-order valence-corrected chi connectivity index (χ4v) is 2.63. The first-order chi connectivity index (χ1) is 11.7. The summed E-state index contributed by atoms with van der Waals surface area (Å²) in [5.41, 5.74) is 0.933. The van der Waals surface area contributed by atoms with Gasteiger partial charge < -0.3 is 9.80 Å². The van der Waals surface area contributed by atoms with E-state index in [1.807, 2.05) is 30.3 Å². The summed E-state index contributed by atoms with van der Waals surface area (Å²) in [6.07, 6.45) is 0.792. The number of carbonyl (C=O) groups is 2. The molecule has 0 spiro atoms. The van der Waals surface area contributed by atoms with Gasteiger partial charge in [0.25, 0.3) is 11.5 Å². The van der Waals surface area contributed by atoms with E-state index in [2.05, 4.69) is 5.10 Å². The number of rotatable bonds is 4. The van der Waals surface area contributed by atoms with Crippen LogP contribution in [0, 0.1) is 0 Å². The maximum atomic E-state index is 12.6. The summed E-state index contributed by atoms with van der Waals surface area (Å²) in [6, 6.07) is 12.3. The van der Waals surface area contributed by atoms with Crippen molar-refractivity contribution < 1.29 is 9.59 Å². The van der Waals surface area contributed by atoms with Gasteiger partial charge in [-0.15, -0.1) is 0 Å². The van der Waals surface area contributed by atoms with Crippen molar-refractivity contribution in [2.45, 2.75) is 6.54 Å². The normalized spacial score (nSPS) is 14.5. The van der Waals surface area contributed by atoms with Crippen molar-refractivity contribution in [1.29, 1.82) is 0 Å². The minimum absolute atomic E-state index is 0.220. The molecule has 0 atom stereocenters. The van der Waals surface area contributed by atoms with Crippen LogP contribution in [0.1, 0.15) is 16.1 Å². The summed E-state index contributed by atoms with van der Waals surface area (Å²) in [7, 11) is 0. The maximum Gasteiger partial charge on any atom is 0.274 e. The second-order valence-corrected chi connectivity index (χ2v) is 5.63. The molecule has 124 valence electrons. The minimum atomic E-state index is -0.249. The Morgan fingerprint density at radius 2 is 1.75 bits per heavy atom. The third-order valence-electron chi connectivity index (χ3n) is 4.01. The Kier molecular flexibility index (Phi) is 4.69. The molecule has 1 saturated heterocycles. The predicted molar refractivity (Wildman–Crippen MR) is 87.6 cm³/mol. The number of hydrogen-bond acceptors (Lipinski definition) is 4. The lowest BCUT2D eigenvalue weighted by molar-refractivity contribution is -0.119. The number of carbonyl (C=O) groups excluding carboxylic acids is 2. The summed E-state index contributed by atoms with van der Waals surface area (Å²) in [5, 5.41) is 4.21. The molecule has 0 bridgehead atoms. The van der Waals surface area contributed by atoms with Gasteiger partial charge in [0.1, 0.15) is 5.69 Å². The summed E-state index contributed by atoms with van der Waals surface area (Å²) in [5.74, 6) is -0.220. The molecule has 24 heavy (non-hydrogen) atoms. The fourth-order valence-electron chi connectivity index (χ4n) is 2.63. The van der Waals surface area contributed by atoms with E-state index in [0.29, 0.717) is 32.7 Å². The molecule has 0 unspecified atom stereocenters. The maximum absolute atomic E-state index is 12.6. The molecule has 0 aliphatic carbocycles. The van der Waals surface area contributed by atoms with Crippen molar-refractivity contribution in [2.75, 3.05) is 26.2 Å². The SMILES string of the molecule is O=CN1CCN(C(=O)c2ccc(=O)n(Cc3ccccc3)n2)CC1. The molecular formula is C17H18N4O3. The molecule has 1 aliphatic heterocycles. The van der Waals surface area contributed by atoms with Gasteiger partial charge in [0, 0.05) is 32.2 Å². The number of benzene rings is 1. The summed E-state index contributed by atoms with van der Waals surface area (Å²) in [4.78, 5) is 38.6. The predicted octanol–water partition coefficient (Wildman–Crippen LogP) is 0.206. The first-order valence-electron chi connectivity index (χ1n) is 7.78. The Morgan fingerprint density at radius 3 is 2.42 bits per heavy atom. The van der Waals surface area contributed by atoms with Crippen LogP contribution in [0.4, 0.5) is 0 Å². The summed E-state index contributed by atoms with van der Waals surface area (Å²) < 4.78 is 1.30. The zero-order valence-electron chi connectivity index (χ0n) is 13.2. The Labute approximate surface area is 139 Å². The Hall–Kier alpha value is -2.96. The van der Waals surface area contributed by atoms with Gasteiger partial charge in [-0.05, 0) is 11.6 Å². The van der Waals surface area contributed by atoms with Crippen molar-refractivity contribution in [1.82, 2.24) is 19.6 Å². The molecular weight excluding hydrogens is 308 g/mol. The fraction of sp³-hybridized carbons (Fsp3) is 0.294. The Balaban J connectivity index is 1.77. The van der Waals surface area contributed by atoms with E-state index in [1.165, 1.54) is 16.8 Å². The zero-order valence-corrected chi connectivity index (χ0v) is 13.2. The second kappa shape index (κ2) is 7.08. The third-order valence-corrected chi connectivity index (χ3v) is 4.01. The zero-order chi connectivity index (χ0) is 16.9. The van der Waals surface area contributed by atoms with Gasteiger partial charge in [-0.25, -0.2) is 4.68 Å². The number of piperazine rings is 1. The molecule has 0 radical (unpaired) electrons. The highest BCUT2D eigenvalue weighted by Crippen LogP contribution is 2.06. The van der Waals surface area contributed by atoms with E-state index in [4.69, 9.17) is 0 Å². The van der Waals surface area contributed by atoms with E-state index >= 15 is 0 Å². The van der Waals surface area contributed by atoms with E-state index in [-0.39, 0.29) is 17.2 Å². The van der Waals surface area contributed by atoms with Crippen molar-refractivity contribution in [3.05, 3.63) is 64.1 Å². The Bertz CT molecular complexity index is 780. The van der Waals surface area contributed by atoms with Crippen molar-refractivity contribution in [3.63, 3.8) is 0 Å². The lowest BCUT2D eigenvalue weighted by atomic mass is 10.2. The van der Waals surface area contributed by atoms with Crippen LogP contribution in [-0.4, -0.2) is 58.1 Å².